The first-order chi connectivity index (χ1) is 15.4. The Morgan fingerprint density at radius 2 is 1.72 bits per heavy atom. The summed E-state index contributed by atoms with van der Waals surface area (Å²) in [6.45, 7) is 1.67. The van der Waals surface area contributed by atoms with Gasteiger partial charge in [-0.1, -0.05) is 65.1 Å². The molecule has 1 aliphatic heterocycles. The first-order valence-corrected chi connectivity index (χ1v) is 11.2. The average molecular weight is 494 g/mol. The van der Waals surface area contributed by atoms with Gasteiger partial charge in [0.15, 0.2) is 0 Å². The van der Waals surface area contributed by atoms with Crippen LogP contribution in [0.5, 0.6) is 0 Å². The molecule has 0 spiro atoms. The molecule has 2 heterocycles. The van der Waals surface area contributed by atoms with Crippen LogP contribution in [-0.2, 0) is 0 Å². The van der Waals surface area contributed by atoms with E-state index in [-0.39, 0.29) is 17.1 Å². The largest absolute Gasteiger partial charge is 0.367 e. The molecule has 166 valence electrons. The molecule has 1 aliphatic rings. The van der Waals surface area contributed by atoms with E-state index in [0.29, 0.717) is 47.5 Å². The van der Waals surface area contributed by atoms with Crippen LogP contribution < -0.4 is 10.2 Å². The minimum Gasteiger partial charge on any atom is -0.367 e. The zero-order valence-corrected chi connectivity index (χ0v) is 19.2. The normalized spacial score (nSPS) is 16.6. The summed E-state index contributed by atoms with van der Waals surface area (Å²) in [7, 11) is 0. The molecule has 1 atom stereocenters. The van der Waals surface area contributed by atoms with Crippen molar-refractivity contribution < 1.29 is 9.18 Å². The Hall–Kier alpha value is -2.54. The monoisotopic (exact) mass is 492 g/mol. The first kappa shape index (κ1) is 22.6. The number of urea groups is 1. The van der Waals surface area contributed by atoms with Crippen LogP contribution in [0.3, 0.4) is 0 Å². The smallest absolute Gasteiger partial charge is 0.322 e. The SMILES string of the molecule is O=C(Nc1ccc(F)c(Cl)c1)N1CCCN(c2c(Cl)cncc2Cl)CC1c1ccccc1. The van der Waals surface area contributed by atoms with Crippen LogP contribution in [0, 0.1) is 5.82 Å². The van der Waals surface area contributed by atoms with Crippen molar-refractivity contribution >= 4 is 52.2 Å². The van der Waals surface area contributed by atoms with Gasteiger partial charge in [-0.15, -0.1) is 0 Å². The van der Waals surface area contributed by atoms with Crippen LogP contribution in [0.2, 0.25) is 15.1 Å². The van der Waals surface area contributed by atoms with Crippen molar-refractivity contribution in [2.24, 2.45) is 0 Å². The highest BCUT2D eigenvalue weighted by Crippen LogP contribution is 2.36. The van der Waals surface area contributed by atoms with Crippen molar-refractivity contribution in [3.05, 3.63) is 87.4 Å². The Labute approximate surface area is 200 Å². The maximum atomic E-state index is 13.5. The summed E-state index contributed by atoms with van der Waals surface area (Å²) < 4.78 is 13.5. The molecule has 2 amide bonds. The number of amides is 2. The molecule has 0 saturated carbocycles. The lowest BCUT2D eigenvalue weighted by atomic mass is 10.0. The molecule has 0 radical (unpaired) electrons. The van der Waals surface area contributed by atoms with E-state index in [2.05, 4.69) is 15.2 Å². The Morgan fingerprint density at radius 1 is 1.00 bits per heavy atom. The maximum absolute atomic E-state index is 13.5. The number of carbonyl (C=O) groups is 1. The third kappa shape index (κ3) is 4.93. The van der Waals surface area contributed by atoms with Crippen LogP contribution in [0.15, 0.2) is 60.9 Å². The summed E-state index contributed by atoms with van der Waals surface area (Å²) in [4.78, 5) is 21.2. The van der Waals surface area contributed by atoms with Crippen LogP contribution in [0.25, 0.3) is 0 Å². The molecular weight excluding hydrogens is 474 g/mol. The van der Waals surface area contributed by atoms with Gasteiger partial charge in [0, 0.05) is 37.7 Å². The van der Waals surface area contributed by atoms with E-state index < -0.39 is 5.82 Å². The van der Waals surface area contributed by atoms with Gasteiger partial charge < -0.3 is 15.1 Å². The highest BCUT2D eigenvalue weighted by Gasteiger charge is 2.31. The average Bonchev–Trinajstić information content (AvgIpc) is 3.00. The number of rotatable bonds is 3. The zero-order chi connectivity index (χ0) is 22.7. The molecule has 5 nitrogen and oxygen atoms in total. The van der Waals surface area contributed by atoms with E-state index >= 15 is 0 Å². The van der Waals surface area contributed by atoms with Gasteiger partial charge in [0.1, 0.15) is 5.82 Å². The van der Waals surface area contributed by atoms with Gasteiger partial charge in [0.2, 0.25) is 0 Å². The van der Waals surface area contributed by atoms with E-state index in [1.807, 2.05) is 30.3 Å². The Bertz CT molecular complexity index is 1100. The van der Waals surface area contributed by atoms with E-state index in [4.69, 9.17) is 34.8 Å². The number of carbonyl (C=O) groups excluding carboxylic acids is 1. The molecule has 32 heavy (non-hydrogen) atoms. The predicted molar refractivity (Wildman–Crippen MR) is 127 cm³/mol. The minimum atomic E-state index is -0.539. The fourth-order valence-corrected chi connectivity index (χ4v) is 4.65. The first-order valence-electron chi connectivity index (χ1n) is 10.1. The molecule has 1 N–H and O–H groups in total. The van der Waals surface area contributed by atoms with E-state index in [1.165, 1.54) is 18.2 Å². The second-order valence-electron chi connectivity index (χ2n) is 7.43. The highest BCUT2D eigenvalue weighted by atomic mass is 35.5. The molecular formula is C23H20Cl3FN4O. The van der Waals surface area contributed by atoms with Crippen LogP contribution >= 0.6 is 34.8 Å². The summed E-state index contributed by atoms with van der Waals surface area (Å²) in [5, 5.41) is 3.71. The Kier molecular flexibility index (Phi) is 7.04. The van der Waals surface area contributed by atoms with Gasteiger partial charge in [-0.25, -0.2) is 9.18 Å². The number of aromatic nitrogens is 1. The Morgan fingerprint density at radius 3 is 2.41 bits per heavy atom. The van der Waals surface area contributed by atoms with Gasteiger partial charge in [-0.05, 0) is 30.2 Å². The topological polar surface area (TPSA) is 48.5 Å². The second-order valence-corrected chi connectivity index (χ2v) is 8.65. The summed E-state index contributed by atoms with van der Waals surface area (Å²) in [6.07, 6.45) is 3.83. The number of hydrogen-bond acceptors (Lipinski definition) is 3. The number of pyridine rings is 1. The standard InChI is InChI=1S/C23H20Cl3FN4O/c24-17-11-16(7-8-20(17)27)29-23(32)31-10-4-9-30(22-18(25)12-28-13-19(22)26)14-21(31)15-5-2-1-3-6-15/h1-3,5-8,11-13,21H,4,9-10,14H2,(H,29,32). The molecule has 1 saturated heterocycles. The van der Waals surface area contributed by atoms with E-state index in [9.17, 15) is 9.18 Å². The van der Waals surface area contributed by atoms with Crippen molar-refractivity contribution in [3.8, 4) is 0 Å². The second kappa shape index (κ2) is 9.94. The molecule has 1 aromatic heterocycles. The van der Waals surface area contributed by atoms with Crippen molar-refractivity contribution in [1.82, 2.24) is 9.88 Å². The highest BCUT2D eigenvalue weighted by molar-refractivity contribution is 6.38. The van der Waals surface area contributed by atoms with Crippen LogP contribution in [-0.4, -0.2) is 35.5 Å². The van der Waals surface area contributed by atoms with Crippen molar-refractivity contribution in [2.75, 3.05) is 29.9 Å². The quantitative estimate of drug-likeness (QED) is 0.443. The van der Waals surface area contributed by atoms with E-state index in [0.717, 1.165) is 5.56 Å². The third-order valence-corrected chi connectivity index (χ3v) is 6.20. The number of benzene rings is 2. The van der Waals surface area contributed by atoms with Gasteiger partial charge in [-0.3, -0.25) is 4.98 Å². The summed E-state index contributed by atoms with van der Waals surface area (Å²) >= 11 is 18.7. The van der Waals surface area contributed by atoms with Gasteiger partial charge in [0.05, 0.1) is 26.8 Å². The Balaban J connectivity index is 1.65. The third-order valence-electron chi connectivity index (χ3n) is 5.36. The number of nitrogens with one attached hydrogen (secondary N) is 1. The fraction of sp³-hybridized carbons (Fsp3) is 0.217. The molecule has 1 unspecified atom stereocenters. The number of hydrogen-bond donors (Lipinski definition) is 1. The molecule has 3 aromatic rings. The summed E-state index contributed by atoms with van der Waals surface area (Å²) in [6, 6.07) is 13.3. The van der Waals surface area contributed by atoms with Crippen LogP contribution in [0.4, 0.5) is 20.6 Å². The lowest BCUT2D eigenvalue weighted by molar-refractivity contribution is 0.194. The molecule has 9 heteroatoms. The lowest BCUT2D eigenvalue weighted by Crippen LogP contribution is -2.41. The van der Waals surface area contributed by atoms with Crippen molar-refractivity contribution in [2.45, 2.75) is 12.5 Å². The van der Waals surface area contributed by atoms with Crippen molar-refractivity contribution in [1.29, 1.82) is 0 Å². The van der Waals surface area contributed by atoms with Gasteiger partial charge >= 0.3 is 6.03 Å². The van der Waals surface area contributed by atoms with Gasteiger partial charge in [-0.2, -0.15) is 0 Å². The fourth-order valence-electron chi connectivity index (χ4n) is 3.87. The molecule has 2 aromatic carbocycles. The lowest BCUT2D eigenvalue weighted by Gasteiger charge is -2.33. The number of halogens is 4. The van der Waals surface area contributed by atoms with Gasteiger partial charge in [0.25, 0.3) is 0 Å². The van der Waals surface area contributed by atoms with Crippen molar-refractivity contribution in [3.63, 3.8) is 0 Å². The zero-order valence-electron chi connectivity index (χ0n) is 16.9. The maximum Gasteiger partial charge on any atom is 0.322 e. The summed E-state index contributed by atoms with van der Waals surface area (Å²) in [5.41, 5.74) is 2.11. The molecule has 4 rings (SSSR count). The van der Waals surface area contributed by atoms with E-state index in [1.54, 1.807) is 17.3 Å². The molecule has 1 fully saturated rings. The number of anilines is 2. The minimum absolute atomic E-state index is 0.0496. The molecule has 0 bridgehead atoms. The van der Waals surface area contributed by atoms with Crippen LogP contribution in [0.1, 0.15) is 18.0 Å². The molecule has 0 aliphatic carbocycles. The summed E-state index contributed by atoms with van der Waals surface area (Å²) in [5.74, 6) is -0.539. The predicted octanol–water partition coefficient (Wildman–Crippen LogP) is 6.67. The number of nitrogens with zero attached hydrogens (tertiary/aromatic N) is 3.